The van der Waals surface area contributed by atoms with Gasteiger partial charge < -0.3 is 26.8 Å². The van der Waals surface area contributed by atoms with E-state index in [0.29, 0.717) is 36.0 Å². The fourth-order valence-electron chi connectivity index (χ4n) is 4.15. The topological polar surface area (TPSA) is 129 Å². The zero-order valence-electron chi connectivity index (χ0n) is 24.3. The Labute approximate surface area is 243 Å². The highest BCUT2D eigenvalue weighted by molar-refractivity contribution is 6.15. The molecule has 218 valence electrons. The molecule has 0 bridgehead atoms. The van der Waals surface area contributed by atoms with Crippen molar-refractivity contribution in [1.82, 2.24) is 15.6 Å². The number of nitrogens with two attached hydrogens (primary N) is 1. The summed E-state index contributed by atoms with van der Waals surface area (Å²) in [5.41, 5.74) is 8.12. The number of aromatic nitrogens is 1. The number of carbonyl (C=O) groups excluding carboxylic acids is 2. The van der Waals surface area contributed by atoms with E-state index < -0.39 is 6.10 Å². The minimum Gasteiger partial charge on any atom is -0.403 e. The van der Waals surface area contributed by atoms with Gasteiger partial charge in [0.2, 0.25) is 0 Å². The fraction of sp³-hybridized carbons (Fsp3) is 0.303. The SMILES string of the molecule is C=CC=C.CC.CC(O)/C(=C/N)NCc1ccc(C(=O)Nc2cccnc2C(=O)NCC2CCC2)c2ccccc12. The lowest BCUT2D eigenvalue weighted by Gasteiger charge is -2.25. The van der Waals surface area contributed by atoms with Gasteiger partial charge in [0.15, 0.2) is 5.69 Å². The molecular formula is C33H43N5O3. The molecule has 1 aromatic heterocycles. The molecule has 4 rings (SSSR count). The molecule has 6 N–H and O–H groups in total. The smallest absolute Gasteiger partial charge is 0.272 e. The largest absolute Gasteiger partial charge is 0.403 e. The summed E-state index contributed by atoms with van der Waals surface area (Å²) in [6.45, 7) is 13.4. The van der Waals surface area contributed by atoms with Crippen molar-refractivity contribution in [2.45, 2.75) is 52.7 Å². The number of hydrogen-bond acceptors (Lipinski definition) is 6. The van der Waals surface area contributed by atoms with E-state index in [9.17, 15) is 14.7 Å². The Morgan fingerprint density at radius 1 is 1.02 bits per heavy atom. The highest BCUT2D eigenvalue weighted by Gasteiger charge is 2.21. The Bertz CT molecular complexity index is 1340. The first-order chi connectivity index (χ1) is 19.9. The molecule has 1 atom stereocenters. The lowest BCUT2D eigenvalue weighted by Crippen LogP contribution is -2.33. The third kappa shape index (κ3) is 9.32. The fourth-order valence-corrected chi connectivity index (χ4v) is 4.15. The monoisotopic (exact) mass is 557 g/mol. The Morgan fingerprint density at radius 3 is 2.29 bits per heavy atom. The second-order valence-electron chi connectivity index (χ2n) is 9.30. The zero-order valence-corrected chi connectivity index (χ0v) is 24.3. The summed E-state index contributed by atoms with van der Waals surface area (Å²) in [6, 6.07) is 14.6. The molecule has 1 unspecified atom stereocenters. The number of fused-ring (bicyclic) bond motifs is 1. The van der Waals surface area contributed by atoms with Crippen LogP contribution in [-0.4, -0.2) is 34.6 Å². The van der Waals surface area contributed by atoms with Crippen LogP contribution in [0.25, 0.3) is 10.8 Å². The maximum absolute atomic E-state index is 13.3. The summed E-state index contributed by atoms with van der Waals surface area (Å²) in [5.74, 6) is -0.0914. The first kappa shape index (κ1) is 32.8. The van der Waals surface area contributed by atoms with Crippen LogP contribution in [0.1, 0.15) is 66.4 Å². The number of anilines is 1. The van der Waals surface area contributed by atoms with Crippen molar-refractivity contribution in [3.63, 3.8) is 0 Å². The van der Waals surface area contributed by atoms with Crippen molar-refractivity contribution in [2.75, 3.05) is 11.9 Å². The standard InChI is InChI=1S/C27H31N5O3.C4H6.C2H6/c1-17(33)24(14-28)30-16-19-11-12-22(21-9-3-2-8-20(19)21)26(34)32-23-10-5-13-29-25(23)27(35)31-15-18-6-4-7-18;1-3-4-2;1-2/h2-3,5,8-14,17-18,30,33H,4,6-7,15-16,28H2,1H3,(H,31,35)(H,32,34);3-4H,1-2H2;1-2H3/b24-14-;;. The van der Waals surface area contributed by atoms with Gasteiger partial charge in [0.25, 0.3) is 11.8 Å². The average Bonchev–Trinajstić information content (AvgIpc) is 2.97. The van der Waals surface area contributed by atoms with E-state index in [2.05, 4.69) is 34.1 Å². The summed E-state index contributed by atoms with van der Waals surface area (Å²) < 4.78 is 0. The predicted octanol–water partition coefficient (Wildman–Crippen LogP) is 5.67. The van der Waals surface area contributed by atoms with Gasteiger partial charge in [-0.05, 0) is 60.2 Å². The molecule has 1 fully saturated rings. The molecule has 2 amide bonds. The lowest BCUT2D eigenvalue weighted by atomic mass is 9.85. The van der Waals surface area contributed by atoms with Crippen molar-refractivity contribution in [2.24, 2.45) is 11.7 Å². The minimum absolute atomic E-state index is 0.199. The number of amides is 2. The number of nitrogens with zero attached hydrogens (tertiary/aromatic N) is 1. The average molecular weight is 558 g/mol. The second kappa shape index (κ2) is 17.3. The normalized spacial score (nSPS) is 13.2. The van der Waals surface area contributed by atoms with Gasteiger partial charge in [0, 0.05) is 31.0 Å². The van der Waals surface area contributed by atoms with Crippen molar-refractivity contribution >= 4 is 28.3 Å². The van der Waals surface area contributed by atoms with Crippen molar-refractivity contribution in [3.8, 4) is 0 Å². The molecule has 0 saturated heterocycles. The van der Waals surface area contributed by atoms with Crippen LogP contribution in [-0.2, 0) is 6.54 Å². The number of carbonyl (C=O) groups is 2. The highest BCUT2D eigenvalue weighted by Crippen LogP contribution is 2.26. The molecule has 41 heavy (non-hydrogen) atoms. The van der Waals surface area contributed by atoms with Gasteiger partial charge in [-0.3, -0.25) is 9.59 Å². The maximum atomic E-state index is 13.3. The molecule has 8 nitrogen and oxygen atoms in total. The first-order valence-corrected chi connectivity index (χ1v) is 14.0. The number of aliphatic hydroxyl groups is 1. The second-order valence-corrected chi connectivity index (χ2v) is 9.30. The Balaban J connectivity index is 0.000000902. The van der Waals surface area contributed by atoms with Gasteiger partial charge in [-0.2, -0.15) is 0 Å². The van der Waals surface area contributed by atoms with Crippen LogP contribution in [0.2, 0.25) is 0 Å². The third-order valence-electron chi connectivity index (χ3n) is 6.59. The van der Waals surface area contributed by atoms with E-state index in [1.54, 1.807) is 43.5 Å². The maximum Gasteiger partial charge on any atom is 0.272 e. The molecule has 1 aliphatic carbocycles. The molecule has 3 aromatic rings. The van der Waals surface area contributed by atoms with E-state index in [4.69, 9.17) is 5.73 Å². The molecule has 0 spiro atoms. The Hall–Kier alpha value is -4.43. The molecule has 1 aliphatic rings. The number of rotatable bonds is 10. The highest BCUT2D eigenvalue weighted by atomic mass is 16.3. The van der Waals surface area contributed by atoms with E-state index in [-0.39, 0.29) is 17.5 Å². The molecule has 8 heteroatoms. The molecule has 1 saturated carbocycles. The van der Waals surface area contributed by atoms with Crippen LogP contribution >= 0.6 is 0 Å². The van der Waals surface area contributed by atoms with E-state index in [1.165, 1.54) is 12.6 Å². The Morgan fingerprint density at radius 2 is 1.71 bits per heavy atom. The predicted molar refractivity (Wildman–Crippen MR) is 168 cm³/mol. The summed E-state index contributed by atoms with van der Waals surface area (Å²) in [4.78, 5) is 30.2. The number of hydrogen-bond donors (Lipinski definition) is 5. The van der Waals surface area contributed by atoms with E-state index >= 15 is 0 Å². The molecule has 1 heterocycles. The van der Waals surface area contributed by atoms with Gasteiger partial charge >= 0.3 is 0 Å². The molecule has 0 aliphatic heterocycles. The van der Waals surface area contributed by atoms with Crippen LogP contribution in [0.3, 0.4) is 0 Å². The number of nitrogens with one attached hydrogen (secondary N) is 3. The lowest BCUT2D eigenvalue weighted by molar-refractivity contribution is 0.0935. The van der Waals surface area contributed by atoms with E-state index in [1.807, 2.05) is 44.2 Å². The summed E-state index contributed by atoms with van der Waals surface area (Å²) in [7, 11) is 0. The first-order valence-electron chi connectivity index (χ1n) is 14.0. The van der Waals surface area contributed by atoms with Crippen LogP contribution in [0.15, 0.2) is 91.9 Å². The third-order valence-corrected chi connectivity index (χ3v) is 6.59. The Kier molecular flexibility index (Phi) is 13.8. The van der Waals surface area contributed by atoms with Gasteiger partial charge in [0.05, 0.1) is 17.5 Å². The van der Waals surface area contributed by atoms with Crippen molar-refractivity contribution in [1.29, 1.82) is 0 Å². The van der Waals surface area contributed by atoms with Crippen molar-refractivity contribution in [3.05, 3.63) is 109 Å². The summed E-state index contributed by atoms with van der Waals surface area (Å²) in [5, 5.41) is 20.4. The van der Waals surface area contributed by atoms with Crippen LogP contribution in [0.5, 0.6) is 0 Å². The summed E-state index contributed by atoms with van der Waals surface area (Å²) in [6.07, 6.45) is 8.93. The minimum atomic E-state index is -0.712. The summed E-state index contributed by atoms with van der Waals surface area (Å²) >= 11 is 0. The zero-order chi connectivity index (χ0) is 30.2. The number of pyridine rings is 1. The van der Waals surface area contributed by atoms with Gasteiger partial charge in [-0.1, -0.05) is 75.9 Å². The van der Waals surface area contributed by atoms with Gasteiger partial charge in [-0.25, -0.2) is 4.98 Å². The number of benzene rings is 2. The molecule has 2 aromatic carbocycles. The van der Waals surface area contributed by atoms with Crippen LogP contribution in [0.4, 0.5) is 5.69 Å². The number of allylic oxidation sites excluding steroid dienone is 2. The number of aliphatic hydroxyl groups excluding tert-OH is 1. The van der Waals surface area contributed by atoms with Gasteiger partial charge in [-0.15, -0.1) is 0 Å². The van der Waals surface area contributed by atoms with Gasteiger partial charge in [0.1, 0.15) is 0 Å². The van der Waals surface area contributed by atoms with Crippen LogP contribution < -0.4 is 21.7 Å². The quantitative estimate of drug-likeness (QED) is 0.204. The molecular weight excluding hydrogens is 514 g/mol. The van der Waals surface area contributed by atoms with Crippen LogP contribution in [0, 0.1) is 5.92 Å². The van der Waals surface area contributed by atoms with Crippen molar-refractivity contribution < 1.29 is 14.7 Å². The van der Waals surface area contributed by atoms with E-state index in [0.717, 1.165) is 29.2 Å². The molecule has 0 radical (unpaired) electrons.